The SMILES string of the molecule is CC(C)C[C@@H](C(=O)[C@H]1O[C@H]1c1ccccc1)N(Cc1ccccc1)Cc1ccccc1. The summed E-state index contributed by atoms with van der Waals surface area (Å²) < 4.78 is 5.90. The van der Waals surface area contributed by atoms with Crippen molar-refractivity contribution in [3.8, 4) is 0 Å². The lowest BCUT2D eigenvalue weighted by Gasteiger charge is -2.32. The molecule has 1 heterocycles. The van der Waals surface area contributed by atoms with Crippen molar-refractivity contribution in [1.82, 2.24) is 4.90 Å². The van der Waals surface area contributed by atoms with Gasteiger partial charge in [-0.15, -0.1) is 0 Å². The van der Waals surface area contributed by atoms with Gasteiger partial charge in [0.15, 0.2) is 5.78 Å². The van der Waals surface area contributed by atoms with E-state index < -0.39 is 0 Å². The molecule has 0 amide bonds. The van der Waals surface area contributed by atoms with Gasteiger partial charge in [-0.25, -0.2) is 0 Å². The molecule has 0 bridgehead atoms. The zero-order chi connectivity index (χ0) is 21.6. The molecule has 1 saturated heterocycles. The van der Waals surface area contributed by atoms with Gasteiger partial charge in [0.05, 0.1) is 6.04 Å². The minimum atomic E-state index is -0.347. The third-order valence-electron chi connectivity index (χ3n) is 5.82. The van der Waals surface area contributed by atoms with E-state index in [4.69, 9.17) is 4.74 Å². The first-order valence-corrected chi connectivity index (χ1v) is 11.2. The van der Waals surface area contributed by atoms with Crippen molar-refractivity contribution in [1.29, 1.82) is 0 Å². The van der Waals surface area contributed by atoms with Gasteiger partial charge in [-0.3, -0.25) is 9.69 Å². The van der Waals surface area contributed by atoms with Crippen molar-refractivity contribution in [2.75, 3.05) is 0 Å². The first-order chi connectivity index (χ1) is 15.1. The molecule has 3 nitrogen and oxygen atoms in total. The van der Waals surface area contributed by atoms with Crippen LogP contribution in [0.5, 0.6) is 0 Å². The molecular formula is C28H31NO2. The number of ketones is 1. The van der Waals surface area contributed by atoms with E-state index in [1.807, 2.05) is 42.5 Å². The second kappa shape index (κ2) is 10.0. The molecule has 0 unspecified atom stereocenters. The molecule has 0 spiro atoms. The number of benzene rings is 3. The quantitative estimate of drug-likeness (QED) is 0.393. The number of hydrogen-bond donors (Lipinski definition) is 0. The predicted molar refractivity (Wildman–Crippen MR) is 124 cm³/mol. The Morgan fingerprint density at radius 1 is 0.806 bits per heavy atom. The fourth-order valence-electron chi connectivity index (χ4n) is 4.22. The van der Waals surface area contributed by atoms with Crippen LogP contribution in [0.3, 0.4) is 0 Å². The molecular weight excluding hydrogens is 382 g/mol. The van der Waals surface area contributed by atoms with Crippen molar-refractivity contribution in [2.24, 2.45) is 5.92 Å². The van der Waals surface area contributed by atoms with Crippen LogP contribution in [0.1, 0.15) is 43.1 Å². The van der Waals surface area contributed by atoms with Crippen molar-refractivity contribution in [3.05, 3.63) is 108 Å². The number of hydrogen-bond acceptors (Lipinski definition) is 3. The molecule has 1 fully saturated rings. The van der Waals surface area contributed by atoms with Crippen LogP contribution < -0.4 is 0 Å². The first kappa shape index (κ1) is 21.5. The molecule has 4 rings (SSSR count). The average molecular weight is 414 g/mol. The second-order valence-electron chi connectivity index (χ2n) is 8.81. The van der Waals surface area contributed by atoms with Gasteiger partial charge in [0, 0.05) is 13.1 Å². The van der Waals surface area contributed by atoms with Gasteiger partial charge in [-0.1, -0.05) is 105 Å². The van der Waals surface area contributed by atoms with Crippen LogP contribution in [-0.2, 0) is 22.6 Å². The second-order valence-corrected chi connectivity index (χ2v) is 8.81. The zero-order valence-corrected chi connectivity index (χ0v) is 18.4. The monoisotopic (exact) mass is 413 g/mol. The van der Waals surface area contributed by atoms with E-state index >= 15 is 0 Å². The molecule has 0 aromatic heterocycles. The van der Waals surface area contributed by atoms with Crippen LogP contribution >= 0.6 is 0 Å². The summed E-state index contributed by atoms with van der Waals surface area (Å²) in [6.45, 7) is 5.85. The molecule has 3 heteroatoms. The summed E-state index contributed by atoms with van der Waals surface area (Å²) in [6.07, 6.45) is 0.360. The number of Topliss-reactive ketones (excluding diaryl/α,β-unsaturated/α-hetero) is 1. The van der Waals surface area contributed by atoms with Crippen LogP contribution in [0.25, 0.3) is 0 Å². The molecule has 1 aliphatic heterocycles. The average Bonchev–Trinajstić information content (AvgIpc) is 3.60. The van der Waals surface area contributed by atoms with Gasteiger partial charge in [-0.05, 0) is 29.0 Å². The van der Waals surface area contributed by atoms with E-state index in [2.05, 4.69) is 67.3 Å². The Hall–Kier alpha value is -2.75. The fraction of sp³-hybridized carbons (Fsp3) is 0.321. The third-order valence-corrected chi connectivity index (χ3v) is 5.82. The molecule has 3 aromatic carbocycles. The number of nitrogens with zero attached hydrogens (tertiary/aromatic N) is 1. The van der Waals surface area contributed by atoms with Crippen molar-refractivity contribution < 1.29 is 9.53 Å². The smallest absolute Gasteiger partial charge is 0.181 e. The van der Waals surface area contributed by atoms with E-state index in [1.54, 1.807) is 0 Å². The summed E-state index contributed by atoms with van der Waals surface area (Å²) in [4.78, 5) is 16.0. The van der Waals surface area contributed by atoms with E-state index in [0.29, 0.717) is 5.92 Å². The van der Waals surface area contributed by atoms with Crippen molar-refractivity contribution >= 4 is 5.78 Å². The number of carbonyl (C=O) groups is 1. The molecule has 160 valence electrons. The number of epoxide rings is 1. The molecule has 31 heavy (non-hydrogen) atoms. The van der Waals surface area contributed by atoms with E-state index in [1.165, 1.54) is 11.1 Å². The summed E-state index contributed by atoms with van der Waals surface area (Å²) in [5, 5.41) is 0. The Bertz CT molecular complexity index is 915. The highest BCUT2D eigenvalue weighted by Crippen LogP contribution is 2.41. The van der Waals surface area contributed by atoms with Crippen LogP contribution in [0.15, 0.2) is 91.0 Å². The van der Waals surface area contributed by atoms with Crippen LogP contribution in [0.4, 0.5) is 0 Å². The maximum absolute atomic E-state index is 13.7. The maximum atomic E-state index is 13.7. The number of carbonyl (C=O) groups excluding carboxylic acids is 1. The summed E-state index contributed by atoms with van der Waals surface area (Å²) in [7, 11) is 0. The maximum Gasteiger partial charge on any atom is 0.181 e. The largest absolute Gasteiger partial charge is 0.356 e. The Balaban J connectivity index is 1.58. The van der Waals surface area contributed by atoms with Gasteiger partial charge in [0.2, 0.25) is 0 Å². The Morgan fingerprint density at radius 3 is 1.77 bits per heavy atom. The highest BCUT2D eigenvalue weighted by molar-refractivity contribution is 5.91. The molecule has 1 aliphatic rings. The third kappa shape index (κ3) is 5.69. The molecule has 0 N–H and O–H groups in total. The highest BCUT2D eigenvalue weighted by Gasteiger charge is 2.49. The lowest BCUT2D eigenvalue weighted by Crippen LogP contribution is -2.43. The molecule has 0 saturated carbocycles. The van der Waals surface area contributed by atoms with E-state index in [9.17, 15) is 4.79 Å². The van der Waals surface area contributed by atoms with Crippen LogP contribution in [0.2, 0.25) is 0 Å². The molecule has 0 aliphatic carbocycles. The lowest BCUT2D eigenvalue weighted by molar-refractivity contribution is -0.126. The molecule has 3 aromatic rings. The summed E-state index contributed by atoms with van der Waals surface area (Å²) in [5.74, 6) is 0.617. The van der Waals surface area contributed by atoms with Gasteiger partial charge in [0.1, 0.15) is 12.2 Å². The van der Waals surface area contributed by atoms with Gasteiger partial charge in [0.25, 0.3) is 0 Å². The summed E-state index contributed by atoms with van der Waals surface area (Å²) >= 11 is 0. The topological polar surface area (TPSA) is 32.8 Å². The van der Waals surface area contributed by atoms with Gasteiger partial charge >= 0.3 is 0 Å². The number of rotatable bonds is 10. The summed E-state index contributed by atoms with van der Waals surface area (Å²) in [6, 6.07) is 30.7. The first-order valence-electron chi connectivity index (χ1n) is 11.2. The Kier molecular flexibility index (Phi) is 6.96. The van der Waals surface area contributed by atoms with Crippen molar-refractivity contribution in [3.63, 3.8) is 0 Å². The minimum absolute atomic E-state index is 0.112. The molecule has 3 atom stereocenters. The Labute approximate surface area is 185 Å². The highest BCUT2D eigenvalue weighted by atomic mass is 16.6. The van der Waals surface area contributed by atoms with Crippen LogP contribution in [0, 0.1) is 5.92 Å². The fourth-order valence-corrected chi connectivity index (χ4v) is 4.22. The van der Waals surface area contributed by atoms with Crippen LogP contribution in [-0.4, -0.2) is 22.8 Å². The van der Waals surface area contributed by atoms with Crippen molar-refractivity contribution in [2.45, 2.75) is 51.6 Å². The van der Waals surface area contributed by atoms with E-state index in [-0.39, 0.29) is 24.0 Å². The van der Waals surface area contributed by atoms with Gasteiger partial charge in [-0.2, -0.15) is 0 Å². The summed E-state index contributed by atoms with van der Waals surface area (Å²) in [5.41, 5.74) is 3.52. The minimum Gasteiger partial charge on any atom is -0.356 e. The normalized spacial score (nSPS) is 18.8. The predicted octanol–water partition coefficient (Wildman–Crippen LogP) is 5.81. The zero-order valence-electron chi connectivity index (χ0n) is 18.4. The molecule has 0 radical (unpaired) electrons. The number of ether oxygens (including phenoxy) is 1. The van der Waals surface area contributed by atoms with E-state index in [0.717, 1.165) is 25.1 Å². The standard InChI is InChI=1S/C28H31NO2/c1-21(2)18-25(26(30)28-27(31-28)24-16-10-5-11-17-24)29(19-22-12-6-3-7-13-22)20-23-14-8-4-9-15-23/h3-17,21,25,27-28H,18-20H2,1-2H3/t25-,27-,28+/m0/s1. The van der Waals surface area contributed by atoms with Gasteiger partial charge < -0.3 is 4.74 Å². The lowest BCUT2D eigenvalue weighted by atomic mass is 9.94. The Morgan fingerprint density at radius 2 is 1.29 bits per heavy atom.